The lowest BCUT2D eigenvalue weighted by Crippen LogP contribution is -2.44. The summed E-state index contributed by atoms with van der Waals surface area (Å²) in [7, 11) is 0. The zero-order chi connectivity index (χ0) is 16.1. The topological polar surface area (TPSA) is 56.4 Å². The Bertz CT molecular complexity index is 995. The molecule has 1 N–H and O–H groups in total. The third-order valence-corrected chi connectivity index (χ3v) is 5.94. The van der Waals surface area contributed by atoms with Crippen molar-refractivity contribution in [3.8, 4) is 6.07 Å². The molecule has 0 radical (unpaired) electrons. The van der Waals surface area contributed by atoms with E-state index in [2.05, 4.69) is 26.8 Å². The summed E-state index contributed by atoms with van der Waals surface area (Å²) in [5.74, 6) is 3.14. The summed E-state index contributed by atoms with van der Waals surface area (Å²) >= 11 is 1.90. The number of aromatic nitrogens is 2. The highest BCUT2D eigenvalue weighted by molar-refractivity contribution is 7.98. The molecule has 0 bridgehead atoms. The number of hydrogen-bond donors (Lipinski definition) is 1. The van der Waals surface area contributed by atoms with Crippen LogP contribution in [0.3, 0.4) is 0 Å². The molecule has 3 aromatic rings. The van der Waals surface area contributed by atoms with Crippen molar-refractivity contribution in [2.45, 2.75) is 18.9 Å². The monoisotopic (exact) mass is 351 g/mol. The maximum absolute atomic E-state index is 9.79. The van der Waals surface area contributed by atoms with Gasteiger partial charge >= 0.3 is 0 Å². The lowest BCUT2D eigenvalue weighted by atomic mass is 10.1. The van der Waals surface area contributed by atoms with Gasteiger partial charge in [-0.2, -0.15) is 17.0 Å². The summed E-state index contributed by atoms with van der Waals surface area (Å²) in [6.45, 7) is 3.97. The number of nitrogens with one attached hydrogen (secondary N) is 1. The fourth-order valence-electron chi connectivity index (χ4n) is 3.86. The number of thioether (sulfide) groups is 1. The number of anilines is 1. The third-order valence-electron chi connectivity index (χ3n) is 4.95. The molecular weight excluding hydrogens is 330 g/mol. The van der Waals surface area contributed by atoms with Gasteiger partial charge in [0.1, 0.15) is 11.9 Å². The van der Waals surface area contributed by atoms with Gasteiger partial charge in [0.2, 0.25) is 0 Å². The van der Waals surface area contributed by atoms with Crippen molar-refractivity contribution in [2.24, 2.45) is 0 Å². The second-order valence-corrected chi connectivity index (χ2v) is 7.24. The highest BCUT2D eigenvalue weighted by atomic mass is 32.2. The fraction of sp³-hybridized carbons (Fsp3) is 0.368. The number of pyridine rings is 1. The van der Waals surface area contributed by atoms with Gasteiger partial charge in [0, 0.05) is 43.2 Å². The number of nitrogens with zero attached hydrogens (tertiary/aromatic N) is 4. The summed E-state index contributed by atoms with van der Waals surface area (Å²) in [5.41, 5.74) is 6.14. The maximum Gasteiger partial charge on any atom is 0.157 e. The van der Waals surface area contributed by atoms with E-state index in [1.807, 2.05) is 30.0 Å². The van der Waals surface area contributed by atoms with Gasteiger partial charge in [0.25, 0.3) is 0 Å². The first-order valence-electron chi connectivity index (χ1n) is 8.27. The molecule has 0 saturated carbocycles. The van der Waals surface area contributed by atoms with Crippen molar-refractivity contribution in [1.29, 1.82) is 5.26 Å². The van der Waals surface area contributed by atoms with Gasteiger partial charge in [0.15, 0.2) is 5.65 Å². The van der Waals surface area contributed by atoms with Gasteiger partial charge in [-0.05, 0) is 17.7 Å². The third kappa shape index (κ3) is 2.30. The predicted molar refractivity (Wildman–Crippen MR) is 104 cm³/mol. The van der Waals surface area contributed by atoms with Crippen molar-refractivity contribution in [3.63, 3.8) is 0 Å². The maximum atomic E-state index is 9.79. The van der Waals surface area contributed by atoms with Crippen LogP contribution in [0.5, 0.6) is 0 Å². The van der Waals surface area contributed by atoms with Crippen molar-refractivity contribution in [3.05, 3.63) is 41.0 Å². The molecule has 6 heteroatoms. The van der Waals surface area contributed by atoms with Crippen LogP contribution in [0.25, 0.3) is 16.7 Å². The summed E-state index contributed by atoms with van der Waals surface area (Å²) in [6, 6.07) is 10.6. The average Bonchev–Trinajstić information content (AvgIpc) is 3.25. The van der Waals surface area contributed by atoms with Crippen LogP contribution in [0.2, 0.25) is 0 Å². The van der Waals surface area contributed by atoms with Gasteiger partial charge in [0.05, 0.1) is 16.6 Å². The van der Waals surface area contributed by atoms with Gasteiger partial charge in [-0.25, -0.2) is 4.98 Å². The molecule has 1 fully saturated rings. The fourth-order valence-corrected chi connectivity index (χ4v) is 4.99. The zero-order valence-corrected chi connectivity index (χ0v) is 14.1. The number of benzene rings is 1. The van der Waals surface area contributed by atoms with E-state index >= 15 is 0 Å². The molecule has 25 heavy (non-hydrogen) atoms. The Balaban J connectivity index is 0.00000157. The van der Waals surface area contributed by atoms with E-state index in [4.69, 9.17) is 4.98 Å². The number of fused-ring (bicyclic) bond motifs is 4. The molecule has 0 atom stereocenters. The summed E-state index contributed by atoms with van der Waals surface area (Å²) in [5, 5.41) is 13.2. The highest BCUT2D eigenvalue weighted by Crippen LogP contribution is 2.41. The van der Waals surface area contributed by atoms with Gasteiger partial charge < -0.3 is 10.2 Å². The molecule has 1 saturated heterocycles. The SMILES string of the molecule is C.N#Cc1c2c(c(N3CCNCC3)n3c1nc1ccccc13)CSC2. The van der Waals surface area contributed by atoms with E-state index in [9.17, 15) is 5.26 Å². The number of para-hydroxylation sites is 2. The largest absolute Gasteiger partial charge is 0.355 e. The van der Waals surface area contributed by atoms with E-state index in [0.717, 1.165) is 59.9 Å². The molecule has 2 aromatic heterocycles. The minimum atomic E-state index is 0. The van der Waals surface area contributed by atoms with E-state index in [1.165, 1.54) is 16.9 Å². The van der Waals surface area contributed by atoms with Crippen LogP contribution in [0.1, 0.15) is 24.1 Å². The van der Waals surface area contributed by atoms with E-state index in [1.54, 1.807) is 0 Å². The highest BCUT2D eigenvalue weighted by Gasteiger charge is 2.29. The first-order chi connectivity index (χ1) is 11.9. The van der Waals surface area contributed by atoms with Gasteiger partial charge in [-0.3, -0.25) is 4.40 Å². The summed E-state index contributed by atoms with van der Waals surface area (Å²) in [4.78, 5) is 7.27. The van der Waals surface area contributed by atoms with E-state index in [-0.39, 0.29) is 7.43 Å². The van der Waals surface area contributed by atoms with E-state index < -0.39 is 0 Å². The van der Waals surface area contributed by atoms with Crippen molar-refractivity contribution < 1.29 is 0 Å². The molecule has 0 spiro atoms. The van der Waals surface area contributed by atoms with Crippen LogP contribution in [0, 0.1) is 11.3 Å². The Hall–Kier alpha value is -2.23. The summed E-state index contributed by atoms with van der Waals surface area (Å²) in [6.07, 6.45) is 0. The quantitative estimate of drug-likeness (QED) is 0.730. The van der Waals surface area contributed by atoms with Crippen LogP contribution in [-0.2, 0) is 11.5 Å². The number of nitriles is 1. The Morgan fingerprint density at radius 3 is 2.68 bits per heavy atom. The second-order valence-electron chi connectivity index (χ2n) is 6.26. The van der Waals surface area contributed by atoms with Crippen LogP contribution in [0.4, 0.5) is 5.82 Å². The first-order valence-corrected chi connectivity index (χ1v) is 9.42. The molecule has 2 aliphatic rings. The molecule has 5 nitrogen and oxygen atoms in total. The Kier molecular flexibility index (Phi) is 4.06. The Morgan fingerprint density at radius 1 is 1.12 bits per heavy atom. The summed E-state index contributed by atoms with van der Waals surface area (Å²) < 4.78 is 2.23. The zero-order valence-electron chi connectivity index (χ0n) is 13.2. The lowest BCUT2D eigenvalue weighted by Gasteiger charge is -2.32. The van der Waals surface area contributed by atoms with Crippen molar-refractivity contribution in [2.75, 3.05) is 31.1 Å². The number of hydrogen-bond acceptors (Lipinski definition) is 5. The minimum absolute atomic E-state index is 0. The number of piperazine rings is 1. The molecule has 0 amide bonds. The molecule has 2 aliphatic heterocycles. The van der Waals surface area contributed by atoms with Crippen LogP contribution in [-0.4, -0.2) is 35.6 Å². The molecule has 128 valence electrons. The molecule has 0 aliphatic carbocycles. The van der Waals surface area contributed by atoms with Crippen molar-refractivity contribution in [1.82, 2.24) is 14.7 Å². The molecule has 5 rings (SSSR count). The minimum Gasteiger partial charge on any atom is -0.355 e. The van der Waals surface area contributed by atoms with Crippen LogP contribution >= 0.6 is 11.8 Å². The number of rotatable bonds is 1. The molecule has 4 heterocycles. The Morgan fingerprint density at radius 2 is 1.88 bits per heavy atom. The number of imidazole rings is 1. The van der Waals surface area contributed by atoms with Gasteiger partial charge in [-0.1, -0.05) is 19.6 Å². The Labute approximate surface area is 151 Å². The lowest BCUT2D eigenvalue weighted by molar-refractivity contribution is 0.582. The predicted octanol–water partition coefficient (Wildman–Crippen LogP) is 3.15. The molecular formula is C19H21N5S. The second kappa shape index (κ2) is 6.25. The van der Waals surface area contributed by atoms with Crippen LogP contribution < -0.4 is 10.2 Å². The van der Waals surface area contributed by atoms with E-state index in [0.29, 0.717) is 0 Å². The standard InChI is InChI=1S/C18H17N5S.CH4/c19-9-12-13-10-24-11-14(13)18(22-7-5-20-6-8-22)23-16-4-2-1-3-15(16)21-17(12)23;/h1-4,20H,5-8,10-11H2;1H4. The van der Waals surface area contributed by atoms with Crippen molar-refractivity contribution >= 4 is 34.3 Å². The molecule has 0 unspecified atom stereocenters. The molecule has 1 aromatic carbocycles. The first kappa shape index (κ1) is 16.2. The average molecular weight is 351 g/mol. The van der Waals surface area contributed by atoms with Gasteiger partial charge in [-0.15, -0.1) is 0 Å². The normalized spacial score (nSPS) is 16.7. The van der Waals surface area contributed by atoms with Crippen LogP contribution in [0.15, 0.2) is 24.3 Å². The smallest absolute Gasteiger partial charge is 0.157 e.